The van der Waals surface area contributed by atoms with Crippen molar-refractivity contribution in [2.75, 3.05) is 5.32 Å². The average molecular weight is 440 g/mol. The highest BCUT2D eigenvalue weighted by Crippen LogP contribution is 2.54. The van der Waals surface area contributed by atoms with Crippen molar-refractivity contribution >= 4 is 23.2 Å². The van der Waals surface area contributed by atoms with Crippen LogP contribution in [0.15, 0.2) is 42.5 Å². The summed E-state index contributed by atoms with van der Waals surface area (Å²) in [6, 6.07) is 13.6. The van der Waals surface area contributed by atoms with E-state index >= 15 is 0 Å². The summed E-state index contributed by atoms with van der Waals surface area (Å²) in [4.78, 5) is 12.9. The van der Waals surface area contributed by atoms with Crippen LogP contribution in [0, 0.1) is 5.92 Å². The van der Waals surface area contributed by atoms with Crippen LogP contribution in [0.4, 0.5) is 5.69 Å². The molecule has 1 fully saturated rings. The monoisotopic (exact) mass is 439 g/mol. The van der Waals surface area contributed by atoms with E-state index in [1.165, 1.54) is 11.1 Å². The summed E-state index contributed by atoms with van der Waals surface area (Å²) in [5.74, 6) is 0.384. The lowest BCUT2D eigenvalue weighted by Gasteiger charge is -2.50. The van der Waals surface area contributed by atoms with Gasteiger partial charge in [-0.25, -0.2) is 0 Å². The Morgan fingerprint density at radius 1 is 1.19 bits per heavy atom. The van der Waals surface area contributed by atoms with Crippen LogP contribution in [0.25, 0.3) is 0 Å². The van der Waals surface area contributed by atoms with E-state index in [9.17, 15) is 9.90 Å². The van der Waals surface area contributed by atoms with Crippen LogP contribution in [-0.4, -0.2) is 16.6 Å². The minimum atomic E-state index is -0.503. The number of rotatable bonds is 5. The lowest BCUT2D eigenvalue weighted by Crippen LogP contribution is -2.47. The lowest BCUT2D eigenvalue weighted by molar-refractivity contribution is -0.0542. The summed E-state index contributed by atoms with van der Waals surface area (Å²) in [6.07, 6.45) is 9.07. The Labute approximate surface area is 191 Å². The molecule has 166 valence electrons. The Bertz CT molecular complexity index is 958. The maximum atomic E-state index is 12.9. The zero-order valence-electron chi connectivity index (χ0n) is 18.7. The number of halogens is 1. The van der Waals surface area contributed by atoms with Gasteiger partial charge in [0, 0.05) is 5.56 Å². The first kappa shape index (κ1) is 22.4. The first-order chi connectivity index (χ1) is 14.9. The zero-order chi connectivity index (χ0) is 22.1. The van der Waals surface area contributed by atoms with Gasteiger partial charge in [-0.2, -0.15) is 0 Å². The molecule has 0 spiro atoms. The Morgan fingerprint density at radius 3 is 2.74 bits per heavy atom. The van der Waals surface area contributed by atoms with E-state index in [2.05, 4.69) is 31.3 Å². The van der Waals surface area contributed by atoms with Crippen LogP contribution in [-0.2, 0) is 11.8 Å². The molecular formula is C27H34ClNO2. The number of para-hydroxylation sites is 1. The van der Waals surface area contributed by atoms with Gasteiger partial charge in [0.1, 0.15) is 0 Å². The van der Waals surface area contributed by atoms with Crippen molar-refractivity contribution in [3.05, 3.63) is 64.2 Å². The van der Waals surface area contributed by atoms with Crippen molar-refractivity contribution in [1.29, 1.82) is 0 Å². The molecule has 31 heavy (non-hydrogen) atoms. The number of hydrogen-bond acceptors (Lipinski definition) is 2. The number of aliphatic hydroxyl groups is 1. The van der Waals surface area contributed by atoms with E-state index in [0.717, 1.165) is 57.8 Å². The number of nitrogens with one attached hydrogen (secondary N) is 1. The maximum Gasteiger partial charge on any atom is 0.255 e. The normalized spacial score (nSPS) is 27.7. The van der Waals surface area contributed by atoms with Crippen molar-refractivity contribution in [3.8, 4) is 0 Å². The number of benzene rings is 2. The van der Waals surface area contributed by atoms with Gasteiger partial charge in [0.05, 0.1) is 16.3 Å². The molecule has 0 aromatic heterocycles. The first-order valence-corrected chi connectivity index (χ1v) is 12.2. The molecule has 4 rings (SSSR count). The van der Waals surface area contributed by atoms with Crippen molar-refractivity contribution in [3.63, 3.8) is 0 Å². The zero-order valence-corrected chi connectivity index (χ0v) is 19.5. The minimum absolute atomic E-state index is 0.115. The van der Waals surface area contributed by atoms with E-state index in [0.29, 0.717) is 22.2 Å². The van der Waals surface area contributed by atoms with Crippen molar-refractivity contribution in [2.24, 2.45) is 5.92 Å². The fourth-order valence-corrected chi connectivity index (χ4v) is 6.40. The van der Waals surface area contributed by atoms with Gasteiger partial charge in [0.2, 0.25) is 0 Å². The highest BCUT2D eigenvalue weighted by molar-refractivity contribution is 6.33. The van der Waals surface area contributed by atoms with E-state index in [-0.39, 0.29) is 11.3 Å². The Morgan fingerprint density at radius 2 is 2.00 bits per heavy atom. The van der Waals surface area contributed by atoms with Crippen molar-refractivity contribution in [1.82, 2.24) is 0 Å². The molecule has 0 radical (unpaired) electrons. The fourth-order valence-electron chi connectivity index (χ4n) is 6.22. The molecule has 0 unspecified atom stereocenters. The van der Waals surface area contributed by atoms with Gasteiger partial charge in [-0.15, -0.1) is 0 Å². The average Bonchev–Trinajstić information content (AvgIpc) is 2.91. The molecular weight excluding hydrogens is 406 g/mol. The smallest absolute Gasteiger partial charge is 0.255 e. The van der Waals surface area contributed by atoms with Crippen LogP contribution in [0.2, 0.25) is 5.02 Å². The molecule has 0 aliphatic heterocycles. The summed E-state index contributed by atoms with van der Waals surface area (Å²) in [5.41, 5.74) is 3.64. The number of aryl methyl sites for hydroxylation is 1. The number of hydrogen-bond donors (Lipinski definition) is 2. The second-order valence-corrected chi connectivity index (χ2v) is 9.99. The van der Waals surface area contributed by atoms with E-state index in [1.54, 1.807) is 6.07 Å². The molecule has 3 atom stereocenters. The van der Waals surface area contributed by atoms with Gasteiger partial charge in [-0.05, 0) is 98.1 Å². The Balaban J connectivity index is 1.63. The van der Waals surface area contributed by atoms with E-state index in [1.807, 2.05) is 24.3 Å². The molecule has 3 nitrogen and oxygen atoms in total. The Kier molecular flexibility index (Phi) is 6.46. The summed E-state index contributed by atoms with van der Waals surface area (Å²) >= 11 is 6.22. The molecule has 0 heterocycles. The quantitative estimate of drug-likeness (QED) is 0.531. The molecule has 2 aliphatic carbocycles. The highest BCUT2D eigenvalue weighted by atomic mass is 35.5. The topological polar surface area (TPSA) is 49.3 Å². The summed E-state index contributed by atoms with van der Waals surface area (Å²) in [5, 5.41) is 14.7. The van der Waals surface area contributed by atoms with Gasteiger partial charge >= 0.3 is 0 Å². The van der Waals surface area contributed by atoms with Crippen molar-refractivity contribution in [2.45, 2.75) is 82.7 Å². The second-order valence-electron chi connectivity index (χ2n) is 9.58. The second kappa shape index (κ2) is 8.96. The highest BCUT2D eigenvalue weighted by Gasteiger charge is 2.49. The minimum Gasteiger partial charge on any atom is -0.390 e. The van der Waals surface area contributed by atoms with Crippen LogP contribution in [0.5, 0.6) is 0 Å². The predicted molar refractivity (Wildman–Crippen MR) is 128 cm³/mol. The Hall–Kier alpha value is -1.84. The summed E-state index contributed by atoms with van der Waals surface area (Å²) in [6.45, 7) is 4.46. The molecule has 2 aromatic carbocycles. The number of carbonyl (C=O) groups is 1. The van der Waals surface area contributed by atoms with Gasteiger partial charge < -0.3 is 10.4 Å². The van der Waals surface area contributed by atoms with E-state index < -0.39 is 5.60 Å². The molecule has 2 N–H and O–H groups in total. The third-order valence-corrected chi connectivity index (χ3v) is 8.14. The van der Waals surface area contributed by atoms with Gasteiger partial charge in [0.25, 0.3) is 5.91 Å². The molecule has 2 aliphatic rings. The molecule has 2 aromatic rings. The molecule has 1 amide bonds. The van der Waals surface area contributed by atoms with Gasteiger partial charge in [0.15, 0.2) is 0 Å². The predicted octanol–water partition coefficient (Wildman–Crippen LogP) is 6.91. The SMILES string of the molecule is CCC[C@@]1(O)CC[C@@]2(CC)c3ccc(C(=O)Nc4ccccc4Cl)cc3CCC[C@H]2C1. The van der Waals surface area contributed by atoms with Crippen LogP contribution >= 0.6 is 11.6 Å². The standard InChI is InChI=1S/C27H34ClNO2/c1-3-14-26(31)15-16-27(4-2)21(18-26)9-7-8-19-17-20(12-13-22(19)27)25(30)29-24-11-6-5-10-23(24)28/h5-6,10-13,17,21,31H,3-4,7-9,14-16,18H2,1-2H3,(H,29,30)/t21-,26+,27+/m0/s1. The fraction of sp³-hybridized carbons (Fsp3) is 0.519. The third-order valence-electron chi connectivity index (χ3n) is 7.82. The maximum absolute atomic E-state index is 12.9. The third kappa shape index (κ3) is 4.27. The molecule has 4 heteroatoms. The van der Waals surface area contributed by atoms with Crippen molar-refractivity contribution < 1.29 is 9.90 Å². The largest absolute Gasteiger partial charge is 0.390 e. The number of amides is 1. The first-order valence-electron chi connectivity index (χ1n) is 11.8. The van der Waals surface area contributed by atoms with Gasteiger partial charge in [-0.3, -0.25) is 4.79 Å². The molecule has 1 saturated carbocycles. The van der Waals surface area contributed by atoms with Crippen LogP contribution < -0.4 is 5.32 Å². The summed E-state index contributed by atoms with van der Waals surface area (Å²) in [7, 11) is 0. The number of anilines is 1. The number of fused-ring (bicyclic) bond motifs is 3. The van der Waals surface area contributed by atoms with E-state index in [4.69, 9.17) is 11.6 Å². The molecule has 0 saturated heterocycles. The van der Waals surface area contributed by atoms with Crippen LogP contribution in [0.1, 0.15) is 86.7 Å². The van der Waals surface area contributed by atoms with Gasteiger partial charge in [-0.1, -0.05) is 50.1 Å². The summed E-state index contributed by atoms with van der Waals surface area (Å²) < 4.78 is 0. The van der Waals surface area contributed by atoms with Crippen LogP contribution in [0.3, 0.4) is 0 Å². The molecule has 0 bridgehead atoms. The number of carbonyl (C=O) groups excluding carboxylic acids is 1. The lowest BCUT2D eigenvalue weighted by atomic mass is 9.56.